The number of nitrogens with two attached hydrogens (primary N) is 2. The summed E-state index contributed by atoms with van der Waals surface area (Å²) in [4.78, 5) is 11.3. The van der Waals surface area contributed by atoms with Crippen molar-refractivity contribution in [2.24, 2.45) is 16.6 Å². The van der Waals surface area contributed by atoms with Crippen molar-refractivity contribution in [2.45, 2.75) is 6.92 Å². The lowest BCUT2D eigenvalue weighted by Gasteiger charge is -2.05. The molecular formula is C12H16N4O2. The lowest BCUT2D eigenvalue weighted by atomic mass is 10.2. The molecule has 0 bridgehead atoms. The highest BCUT2D eigenvalue weighted by Gasteiger charge is 1.99. The molecule has 1 rings (SSSR count). The summed E-state index contributed by atoms with van der Waals surface area (Å²) in [5.74, 6) is 0.0899. The minimum atomic E-state index is -0.422. The summed E-state index contributed by atoms with van der Waals surface area (Å²) in [7, 11) is 0. The maximum absolute atomic E-state index is 11.3. The van der Waals surface area contributed by atoms with E-state index in [0.717, 1.165) is 5.56 Å². The molecule has 0 saturated carbocycles. The Bertz CT molecular complexity index is 465. The summed E-state index contributed by atoms with van der Waals surface area (Å²) in [6, 6.07) is 7.39. The summed E-state index contributed by atoms with van der Waals surface area (Å²) in [6.45, 7) is 2.46. The van der Waals surface area contributed by atoms with Crippen molar-refractivity contribution >= 4 is 17.9 Å². The van der Waals surface area contributed by atoms with Crippen molar-refractivity contribution in [3.8, 4) is 5.75 Å². The van der Waals surface area contributed by atoms with Gasteiger partial charge in [-0.1, -0.05) is 18.2 Å². The number of para-hydroxylation sites is 1. The van der Waals surface area contributed by atoms with E-state index in [4.69, 9.17) is 16.2 Å². The minimum absolute atomic E-state index is 0.202. The number of benzene rings is 1. The largest absolute Gasteiger partial charge is 0.493 e. The van der Waals surface area contributed by atoms with Crippen LogP contribution in [0.3, 0.4) is 0 Å². The molecule has 6 nitrogen and oxygen atoms in total. The smallest absolute Gasteiger partial charge is 0.264 e. The van der Waals surface area contributed by atoms with E-state index in [1.807, 2.05) is 31.2 Å². The van der Waals surface area contributed by atoms with E-state index in [0.29, 0.717) is 12.4 Å². The quantitative estimate of drug-likeness (QED) is 0.304. The van der Waals surface area contributed by atoms with Gasteiger partial charge in [0.1, 0.15) is 5.75 Å². The van der Waals surface area contributed by atoms with Crippen LogP contribution in [0.5, 0.6) is 5.75 Å². The van der Waals surface area contributed by atoms with E-state index < -0.39 is 5.91 Å². The maximum atomic E-state index is 11.3. The van der Waals surface area contributed by atoms with Gasteiger partial charge in [0.2, 0.25) is 5.96 Å². The Morgan fingerprint density at radius 1 is 1.44 bits per heavy atom. The van der Waals surface area contributed by atoms with Crippen LogP contribution in [0.25, 0.3) is 6.08 Å². The molecule has 0 heterocycles. The SMILES string of the molecule is CCOc1ccccc1/C=C/C(=O)NN=C(N)N. The number of hydrogen-bond donors (Lipinski definition) is 3. The van der Waals surface area contributed by atoms with Crippen molar-refractivity contribution in [1.29, 1.82) is 0 Å². The standard InChI is InChI=1S/C12H16N4O2/c1-2-18-10-6-4-3-5-9(10)7-8-11(17)15-16-12(13)14/h3-8H,2H2,1H3,(H,15,17)(H4,13,14,16)/b8-7+. The average Bonchev–Trinajstić information content (AvgIpc) is 2.35. The second-order valence-corrected chi connectivity index (χ2v) is 3.32. The molecule has 18 heavy (non-hydrogen) atoms. The Kier molecular flexibility index (Phi) is 5.24. The molecule has 0 unspecified atom stereocenters. The molecule has 0 saturated heterocycles. The second kappa shape index (κ2) is 6.95. The van der Waals surface area contributed by atoms with E-state index >= 15 is 0 Å². The Hall–Kier alpha value is -2.50. The third-order valence-corrected chi connectivity index (χ3v) is 1.93. The first-order valence-electron chi connectivity index (χ1n) is 5.42. The van der Waals surface area contributed by atoms with Crippen LogP contribution in [0.15, 0.2) is 35.4 Å². The third-order valence-electron chi connectivity index (χ3n) is 1.93. The number of carbonyl (C=O) groups excluding carboxylic acids is 1. The van der Waals surface area contributed by atoms with E-state index in [-0.39, 0.29) is 5.96 Å². The number of rotatable bonds is 5. The Balaban J connectivity index is 2.71. The zero-order chi connectivity index (χ0) is 13.4. The maximum Gasteiger partial charge on any atom is 0.264 e. The number of guanidine groups is 1. The number of carbonyl (C=O) groups is 1. The molecule has 6 heteroatoms. The van der Waals surface area contributed by atoms with Crippen LogP contribution in [0, 0.1) is 0 Å². The third kappa shape index (κ3) is 4.56. The lowest BCUT2D eigenvalue weighted by molar-refractivity contribution is -0.116. The highest BCUT2D eigenvalue weighted by molar-refractivity contribution is 5.92. The molecule has 0 aliphatic rings. The molecule has 0 aliphatic heterocycles. The van der Waals surface area contributed by atoms with Gasteiger partial charge in [0.15, 0.2) is 0 Å². The fourth-order valence-electron chi connectivity index (χ4n) is 1.23. The van der Waals surface area contributed by atoms with Crippen LogP contribution in [0.2, 0.25) is 0 Å². The Labute approximate surface area is 105 Å². The van der Waals surface area contributed by atoms with Crippen LogP contribution < -0.4 is 21.6 Å². The van der Waals surface area contributed by atoms with E-state index in [9.17, 15) is 4.79 Å². The first kappa shape index (κ1) is 13.6. The van der Waals surface area contributed by atoms with Crippen molar-refractivity contribution in [1.82, 2.24) is 5.43 Å². The monoisotopic (exact) mass is 248 g/mol. The van der Waals surface area contributed by atoms with Gasteiger partial charge in [-0.25, -0.2) is 5.43 Å². The molecule has 1 aromatic carbocycles. The number of nitrogens with one attached hydrogen (secondary N) is 1. The molecule has 96 valence electrons. The molecule has 1 aromatic rings. The molecule has 0 radical (unpaired) electrons. The molecular weight excluding hydrogens is 232 g/mol. The number of hydrazone groups is 1. The molecule has 1 amide bonds. The van der Waals surface area contributed by atoms with Crippen molar-refractivity contribution < 1.29 is 9.53 Å². The fraction of sp³-hybridized carbons (Fsp3) is 0.167. The first-order valence-corrected chi connectivity index (χ1v) is 5.42. The predicted molar refractivity (Wildman–Crippen MR) is 70.6 cm³/mol. The number of nitrogens with zero attached hydrogens (tertiary/aromatic N) is 1. The van der Waals surface area contributed by atoms with Crippen molar-refractivity contribution in [2.75, 3.05) is 6.61 Å². The van der Waals surface area contributed by atoms with E-state index in [2.05, 4.69) is 10.5 Å². The van der Waals surface area contributed by atoms with Gasteiger partial charge >= 0.3 is 0 Å². The van der Waals surface area contributed by atoms with Gasteiger partial charge in [-0.2, -0.15) is 0 Å². The Morgan fingerprint density at radius 2 is 2.17 bits per heavy atom. The van der Waals surface area contributed by atoms with Gasteiger partial charge in [-0.15, -0.1) is 5.10 Å². The van der Waals surface area contributed by atoms with Gasteiger partial charge in [0.05, 0.1) is 6.61 Å². The Morgan fingerprint density at radius 3 is 2.83 bits per heavy atom. The summed E-state index contributed by atoms with van der Waals surface area (Å²) < 4.78 is 5.42. The van der Waals surface area contributed by atoms with E-state index in [1.54, 1.807) is 6.08 Å². The zero-order valence-electron chi connectivity index (χ0n) is 10.1. The molecule has 0 spiro atoms. The molecule has 0 aromatic heterocycles. The van der Waals surface area contributed by atoms with Crippen LogP contribution in [-0.2, 0) is 4.79 Å². The zero-order valence-corrected chi connectivity index (χ0v) is 10.1. The predicted octanol–water partition coefficient (Wildman–Crippen LogP) is 0.403. The number of hydrogen-bond acceptors (Lipinski definition) is 3. The minimum Gasteiger partial charge on any atom is -0.493 e. The average molecular weight is 248 g/mol. The summed E-state index contributed by atoms with van der Waals surface area (Å²) in [5.41, 5.74) is 13.1. The number of ether oxygens (including phenoxy) is 1. The van der Waals surface area contributed by atoms with Crippen molar-refractivity contribution in [3.05, 3.63) is 35.9 Å². The molecule has 0 atom stereocenters. The van der Waals surface area contributed by atoms with E-state index in [1.165, 1.54) is 6.08 Å². The van der Waals surface area contributed by atoms with Crippen molar-refractivity contribution in [3.63, 3.8) is 0 Å². The second-order valence-electron chi connectivity index (χ2n) is 3.32. The molecule has 0 aliphatic carbocycles. The highest BCUT2D eigenvalue weighted by Crippen LogP contribution is 2.19. The topological polar surface area (TPSA) is 103 Å². The number of amides is 1. The first-order chi connectivity index (χ1) is 8.63. The summed E-state index contributed by atoms with van der Waals surface area (Å²) >= 11 is 0. The van der Waals surface area contributed by atoms with Gasteiger partial charge in [0.25, 0.3) is 5.91 Å². The van der Waals surface area contributed by atoms with Gasteiger partial charge in [-0.05, 0) is 19.1 Å². The van der Waals surface area contributed by atoms with Gasteiger partial charge < -0.3 is 16.2 Å². The normalized spacial score (nSPS) is 10.1. The van der Waals surface area contributed by atoms with Crippen LogP contribution in [0.4, 0.5) is 0 Å². The summed E-state index contributed by atoms with van der Waals surface area (Å²) in [5, 5.41) is 3.39. The van der Waals surface area contributed by atoms with Crippen LogP contribution in [-0.4, -0.2) is 18.5 Å². The fourth-order valence-corrected chi connectivity index (χ4v) is 1.23. The van der Waals surface area contributed by atoms with Gasteiger partial charge in [0, 0.05) is 11.6 Å². The summed E-state index contributed by atoms with van der Waals surface area (Å²) in [6.07, 6.45) is 2.95. The lowest BCUT2D eigenvalue weighted by Crippen LogP contribution is -2.28. The molecule has 5 N–H and O–H groups in total. The van der Waals surface area contributed by atoms with Gasteiger partial charge in [-0.3, -0.25) is 4.79 Å². The highest BCUT2D eigenvalue weighted by atomic mass is 16.5. The van der Waals surface area contributed by atoms with Crippen LogP contribution in [0.1, 0.15) is 12.5 Å². The van der Waals surface area contributed by atoms with Crippen LogP contribution >= 0.6 is 0 Å². The molecule has 0 fully saturated rings.